The maximum Gasteiger partial charge on any atom is 0.323 e. The summed E-state index contributed by atoms with van der Waals surface area (Å²) in [6.07, 6.45) is 5.37. The van der Waals surface area contributed by atoms with Crippen LogP contribution in [-0.4, -0.2) is 68.8 Å². The number of esters is 1. The van der Waals surface area contributed by atoms with Gasteiger partial charge in [0.1, 0.15) is 6.04 Å². The van der Waals surface area contributed by atoms with Gasteiger partial charge in [-0.25, -0.2) is 0 Å². The lowest BCUT2D eigenvalue weighted by Crippen LogP contribution is -2.46. The number of rotatable bonds is 5. The predicted octanol–water partition coefficient (Wildman–Crippen LogP) is 2.27. The second-order valence-corrected chi connectivity index (χ2v) is 8.25. The zero-order chi connectivity index (χ0) is 20.2. The summed E-state index contributed by atoms with van der Waals surface area (Å²) in [6.45, 7) is 3.50. The summed E-state index contributed by atoms with van der Waals surface area (Å²) in [5.74, 6) is 0.194. The van der Waals surface area contributed by atoms with Gasteiger partial charge in [0.05, 0.1) is 26.9 Å². The van der Waals surface area contributed by atoms with Crippen LogP contribution in [0.1, 0.15) is 32.1 Å². The molecule has 0 spiro atoms. The van der Waals surface area contributed by atoms with Crippen LogP contribution < -0.4 is 10.2 Å². The van der Waals surface area contributed by atoms with E-state index in [2.05, 4.69) is 15.1 Å². The molecule has 2 saturated heterocycles. The van der Waals surface area contributed by atoms with E-state index in [0.717, 1.165) is 63.4 Å². The van der Waals surface area contributed by atoms with Crippen molar-refractivity contribution in [2.75, 3.05) is 50.2 Å². The predicted molar refractivity (Wildman–Crippen MR) is 111 cm³/mol. The molecule has 158 valence electrons. The summed E-state index contributed by atoms with van der Waals surface area (Å²) in [4.78, 5) is 29.4. The van der Waals surface area contributed by atoms with Gasteiger partial charge in [0.2, 0.25) is 5.91 Å². The summed E-state index contributed by atoms with van der Waals surface area (Å²) in [7, 11) is 1.43. The van der Waals surface area contributed by atoms with Crippen molar-refractivity contribution in [2.45, 2.75) is 44.2 Å². The summed E-state index contributed by atoms with van der Waals surface area (Å²) in [6, 6.07) is 7.95. The second kappa shape index (κ2) is 9.13. The van der Waals surface area contributed by atoms with Gasteiger partial charge < -0.3 is 19.7 Å². The molecule has 7 nitrogen and oxygen atoms in total. The van der Waals surface area contributed by atoms with E-state index in [1.165, 1.54) is 13.5 Å². The Labute approximate surface area is 172 Å². The Morgan fingerprint density at radius 3 is 2.59 bits per heavy atom. The number of fused-ring (bicyclic) bond motifs is 1. The van der Waals surface area contributed by atoms with E-state index in [1.807, 2.05) is 24.3 Å². The van der Waals surface area contributed by atoms with E-state index in [4.69, 9.17) is 9.47 Å². The Balaban J connectivity index is 1.38. The summed E-state index contributed by atoms with van der Waals surface area (Å²) >= 11 is 0. The number of morpholine rings is 1. The summed E-state index contributed by atoms with van der Waals surface area (Å²) in [5.41, 5.74) is 1.92. The first kappa shape index (κ1) is 20.2. The highest BCUT2D eigenvalue weighted by Crippen LogP contribution is 2.39. The third-order valence-corrected chi connectivity index (χ3v) is 6.55. The van der Waals surface area contributed by atoms with Crippen LogP contribution in [0.4, 0.5) is 11.4 Å². The number of nitrogens with zero attached hydrogens (tertiary/aromatic N) is 2. The lowest BCUT2D eigenvalue weighted by molar-refractivity contribution is -0.146. The van der Waals surface area contributed by atoms with Gasteiger partial charge in [-0.05, 0) is 49.4 Å². The average molecular weight is 402 g/mol. The molecule has 2 heterocycles. The molecule has 1 aromatic carbocycles. The Morgan fingerprint density at radius 2 is 1.86 bits per heavy atom. The topological polar surface area (TPSA) is 71.1 Å². The van der Waals surface area contributed by atoms with Crippen LogP contribution in [0.25, 0.3) is 0 Å². The Kier molecular flexibility index (Phi) is 6.35. The Hall–Kier alpha value is -2.12. The third-order valence-electron chi connectivity index (χ3n) is 6.55. The number of ether oxygens (including phenoxy) is 2. The molecular weight excluding hydrogens is 370 g/mol. The number of hydrogen-bond donors (Lipinski definition) is 1. The van der Waals surface area contributed by atoms with Crippen molar-refractivity contribution in [3.8, 4) is 0 Å². The van der Waals surface area contributed by atoms with E-state index in [0.29, 0.717) is 12.0 Å². The average Bonchev–Trinajstić information content (AvgIpc) is 3.12. The van der Waals surface area contributed by atoms with E-state index >= 15 is 0 Å². The number of anilines is 2. The van der Waals surface area contributed by atoms with Gasteiger partial charge in [-0.15, -0.1) is 0 Å². The van der Waals surface area contributed by atoms with Crippen LogP contribution in [0.2, 0.25) is 0 Å². The van der Waals surface area contributed by atoms with Gasteiger partial charge >= 0.3 is 5.97 Å². The zero-order valence-electron chi connectivity index (χ0n) is 17.1. The number of carbonyl (C=O) groups excluding carboxylic acids is 2. The lowest BCUT2D eigenvalue weighted by atomic mass is 9.85. The molecule has 2 aliphatic heterocycles. The number of amides is 1. The van der Waals surface area contributed by atoms with Gasteiger partial charge in [0.25, 0.3) is 0 Å². The van der Waals surface area contributed by atoms with Crippen LogP contribution in [0.15, 0.2) is 24.3 Å². The molecular formula is C22H31N3O4. The Morgan fingerprint density at radius 1 is 1.14 bits per heavy atom. The van der Waals surface area contributed by atoms with Gasteiger partial charge in [0.15, 0.2) is 0 Å². The minimum Gasteiger partial charge on any atom is -0.468 e. The molecule has 29 heavy (non-hydrogen) atoms. The number of nitrogens with one attached hydrogen (secondary N) is 1. The number of carbonyl (C=O) groups is 2. The van der Waals surface area contributed by atoms with Crippen LogP contribution in [0.5, 0.6) is 0 Å². The minimum absolute atomic E-state index is 0.0794. The molecule has 1 aromatic rings. The van der Waals surface area contributed by atoms with Crippen molar-refractivity contribution < 1.29 is 19.1 Å². The van der Waals surface area contributed by atoms with Crippen molar-refractivity contribution in [3.63, 3.8) is 0 Å². The fourth-order valence-electron chi connectivity index (χ4n) is 5.09. The molecule has 3 fully saturated rings. The molecule has 0 bridgehead atoms. The quantitative estimate of drug-likeness (QED) is 0.764. The molecule has 3 aliphatic rings. The highest BCUT2D eigenvalue weighted by atomic mass is 16.5. The standard InChI is InChI=1S/C22H31N3O4/c1-28-22(27)20-14-16-4-2-3-5-19(16)25(20)15-21(26)23-17-6-8-18(9-7-17)24-10-12-29-13-11-24/h6-9,16,19-20H,2-5,10-15H2,1H3,(H,23,26). The third kappa shape index (κ3) is 4.56. The highest BCUT2D eigenvalue weighted by molar-refractivity contribution is 5.93. The summed E-state index contributed by atoms with van der Waals surface area (Å²) in [5, 5.41) is 3.00. The molecule has 1 N–H and O–H groups in total. The fraction of sp³-hybridized carbons (Fsp3) is 0.636. The smallest absolute Gasteiger partial charge is 0.323 e. The number of hydrogen-bond acceptors (Lipinski definition) is 6. The second-order valence-electron chi connectivity index (χ2n) is 8.25. The van der Waals surface area contributed by atoms with E-state index in [9.17, 15) is 9.59 Å². The molecule has 0 aromatic heterocycles. The van der Waals surface area contributed by atoms with Crippen LogP contribution in [0.3, 0.4) is 0 Å². The van der Waals surface area contributed by atoms with Crippen molar-refractivity contribution in [1.29, 1.82) is 0 Å². The Bertz CT molecular complexity index is 717. The maximum absolute atomic E-state index is 12.8. The molecule has 1 amide bonds. The molecule has 4 rings (SSSR count). The largest absolute Gasteiger partial charge is 0.468 e. The lowest BCUT2D eigenvalue weighted by Gasteiger charge is -2.32. The monoisotopic (exact) mass is 401 g/mol. The SMILES string of the molecule is COC(=O)C1CC2CCCCC2N1CC(=O)Nc1ccc(N2CCOCC2)cc1. The zero-order valence-corrected chi connectivity index (χ0v) is 17.1. The van der Waals surface area contributed by atoms with Gasteiger partial charge in [-0.1, -0.05) is 12.8 Å². The van der Waals surface area contributed by atoms with Crippen molar-refractivity contribution in [1.82, 2.24) is 4.90 Å². The number of benzene rings is 1. The normalized spacial score (nSPS) is 27.3. The van der Waals surface area contributed by atoms with Gasteiger partial charge in [-0.2, -0.15) is 0 Å². The summed E-state index contributed by atoms with van der Waals surface area (Å²) < 4.78 is 10.4. The first-order chi connectivity index (χ1) is 14.2. The van der Waals surface area contributed by atoms with Gasteiger partial charge in [0, 0.05) is 30.5 Å². The minimum atomic E-state index is -0.303. The molecule has 0 radical (unpaired) electrons. The molecule has 1 aliphatic carbocycles. The van der Waals surface area contributed by atoms with Crippen LogP contribution >= 0.6 is 0 Å². The van der Waals surface area contributed by atoms with Crippen LogP contribution in [-0.2, 0) is 19.1 Å². The molecule has 3 atom stereocenters. The maximum atomic E-state index is 12.8. The van der Waals surface area contributed by atoms with E-state index < -0.39 is 0 Å². The highest BCUT2D eigenvalue weighted by Gasteiger charge is 2.46. The van der Waals surface area contributed by atoms with Crippen LogP contribution in [0, 0.1) is 5.92 Å². The van der Waals surface area contributed by atoms with Crippen molar-refractivity contribution >= 4 is 23.3 Å². The van der Waals surface area contributed by atoms with Crippen molar-refractivity contribution in [3.05, 3.63) is 24.3 Å². The van der Waals surface area contributed by atoms with Gasteiger partial charge in [-0.3, -0.25) is 14.5 Å². The fourth-order valence-corrected chi connectivity index (χ4v) is 5.09. The molecule has 3 unspecified atom stereocenters. The van der Waals surface area contributed by atoms with E-state index in [-0.39, 0.29) is 24.5 Å². The number of likely N-dealkylation sites (tertiary alicyclic amines) is 1. The number of methoxy groups -OCH3 is 1. The first-order valence-corrected chi connectivity index (χ1v) is 10.7. The van der Waals surface area contributed by atoms with E-state index in [1.54, 1.807) is 0 Å². The van der Waals surface area contributed by atoms with Crippen molar-refractivity contribution in [2.24, 2.45) is 5.92 Å². The molecule has 7 heteroatoms. The first-order valence-electron chi connectivity index (χ1n) is 10.7. The molecule has 1 saturated carbocycles.